The second kappa shape index (κ2) is 8.30. The Balaban J connectivity index is 2.30. The molecule has 1 aliphatic heterocycles. The fraction of sp³-hybridized carbons (Fsp3) is 0.833. The van der Waals surface area contributed by atoms with Crippen LogP contribution in [-0.2, 0) is 15.0 Å². The molecule has 0 bridgehead atoms. The first-order valence-electron chi connectivity index (χ1n) is 7.24. The van der Waals surface area contributed by atoms with Crippen LogP contribution in [0.2, 0.25) is 0 Å². The van der Waals surface area contributed by atoms with Crippen LogP contribution in [0.3, 0.4) is 0 Å². The first kappa shape index (κ1) is 18.7. The summed E-state index contributed by atoms with van der Waals surface area (Å²) in [5.41, 5.74) is 0. The molecule has 1 saturated heterocycles. The summed E-state index contributed by atoms with van der Waals surface area (Å²) < 4.78 is 27.7. The SMILES string of the molecule is CC(C)NS(=O)(=O)NCCNC(=O)N1CCCC(C(=O)O)C1. The summed E-state index contributed by atoms with van der Waals surface area (Å²) in [6, 6.07) is -0.588. The highest BCUT2D eigenvalue weighted by Gasteiger charge is 2.27. The van der Waals surface area contributed by atoms with Gasteiger partial charge in [0.25, 0.3) is 10.2 Å². The summed E-state index contributed by atoms with van der Waals surface area (Å²) in [4.78, 5) is 24.3. The molecule has 1 atom stereocenters. The lowest BCUT2D eigenvalue weighted by molar-refractivity contribution is -0.143. The zero-order valence-corrected chi connectivity index (χ0v) is 13.6. The van der Waals surface area contributed by atoms with Gasteiger partial charge < -0.3 is 15.3 Å². The Labute approximate surface area is 130 Å². The molecule has 1 aliphatic rings. The minimum Gasteiger partial charge on any atom is -0.481 e. The largest absolute Gasteiger partial charge is 0.481 e. The van der Waals surface area contributed by atoms with Crippen LogP contribution in [0.5, 0.6) is 0 Å². The zero-order chi connectivity index (χ0) is 16.8. The number of rotatable bonds is 7. The fourth-order valence-corrected chi connectivity index (χ4v) is 3.26. The van der Waals surface area contributed by atoms with Crippen molar-refractivity contribution in [1.82, 2.24) is 19.7 Å². The summed E-state index contributed by atoms with van der Waals surface area (Å²) in [6.07, 6.45) is 1.22. The number of nitrogens with one attached hydrogen (secondary N) is 3. The van der Waals surface area contributed by atoms with Gasteiger partial charge in [-0.3, -0.25) is 4.79 Å². The second-order valence-electron chi connectivity index (χ2n) is 5.53. The standard InChI is InChI=1S/C12H24N4O5S/c1-9(2)15-22(20,21)14-6-5-13-12(19)16-7-3-4-10(8-16)11(17)18/h9-10,14-15H,3-8H2,1-2H3,(H,13,19)(H,17,18). The maximum absolute atomic E-state index is 11.9. The molecule has 128 valence electrons. The molecule has 0 saturated carbocycles. The van der Waals surface area contributed by atoms with E-state index in [-0.39, 0.29) is 31.7 Å². The molecule has 0 aromatic carbocycles. The van der Waals surface area contributed by atoms with E-state index >= 15 is 0 Å². The molecule has 0 spiro atoms. The molecule has 0 radical (unpaired) electrons. The van der Waals surface area contributed by atoms with Gasteiger partial charge in [0.1, 0.15) is 0 Å². The number of hydrogen-bond donors (Lipinski definition) is 4. The zero-order valence-electron chi connectivity index (χ0n) is 12.8. The Morgan fingerprint density at radius 3 is 2.59 bits per heavy atom. The summed E-state index contributed by atoms with van der Waals surface area (Å²) >= 11 is 0. The van der Waals surface area contributed by atoms with Crippen molar-refractivity contribution < 1.29 is 23.1 Å². The van der Waals surface area contributed by atoms with Gasteiger partial charge in [-0.1, -0.05) is 0 Å². The third-order valence-corrected chi connectivity index (χ3v) is 4.51. The molecule has 1 fully saturated rings. The number of carboxylic acids is 1. The van der Waals surface area contributed by atoms with Crippen LogP contribution in [0.1, 0.15) is 26.7 Å². The Kier molecular flexibility index (Phi) is 7.04. The topological polar surface area (TPSA) is 128 Å². The number of nitrogens with zero attached hydrogens (tertiary/aromatic N) is 1. The van der Waals surface area contributed by atoms with Crippen LogP contribution in [0, 0.1) is 5.92 Å². The lowest BCUT2D eigenvalue weighted by atomic mass is 9.99. The molecule has 0 aromatic rings. The first-order valence-corrected chi connectivity index (χ1v) is 8.72. The molecule has 4 N–H and O–H groups in total. The van der Waals surface area contributed by atoms with Gasteiger partial charge in [-0.05, 0) is 26.7 Å². The van der Waals surface area contributed by atoms with E-state index in [9.17, 15) is 18.0 Å². The molecule has 1 heterocycles. The molecule has 1 rings (SSSR count). The number of carbonyl (C=O) groups is 2. The van der Waals surface area contributed by atoms with Crippen LogP contribution in [0.15, 0.2) is 0 Å². The van der Waals surface area contributed by atoms with Crippen LogP contribution >= 0.6 is 0 Å². The van der Waals surface area contributed by atoms with Crippen molar-refractivity contribution >= 4 is 22.2 Å². The van der Waals surface area contributed by atoms with Gasteiger partial charge >= 0.3 is 12.0 Å². The number of urea groups is 1. The molecule has 0 aromatic heterocycles. The van der Waals surface area contributed by atoms with E-state index in [2.05, 4.69) is 14.8 Å². The van der Waals surface area contributed by atoms with E-state index in [1.54, 1.807) is 13.8 Å². The van der Waals surface area contributed by atoms with Gasteiger partial charge in [-0.15, -0.1) is 0 Å². The second-order valence-corrected chi connectivity index (χ2v) is 7.06. The number of aliphatic carboxylic acids is 1. The molecule has 0 aliphatic carbocycles. The van der Waals surface area contributed by atoms with Crippen molar-refractivity contribution in [3.63, 3.8) is 0 Å². The number of amides is 2. The van der Waals surface area contributed by atoms with Gasteiger partial charge in [-0.25, -0.2) is 9.52 Å². The van der Waals surface area contributed by atoms with Crippen molar-refractivity contribution in [3.05, 3.63) is 0 Å². The van der Waals surface area contributed by atoms with E-state index in [0.29, 0.717) is 19.4 Å². The van der Waals surface area contributed by atoms with Gasteiger partial charge in [-0.2, -0.15) is 13.1 Å². The monoisotopic (exact) mass is 336 g/mol. The number of carbonyl (C=O) groups excluding carboxylic acids is 1. The molecule has 22 heavy (non-hydrogen) atoms. The third-order valence-electron chi connectivity index (χ3n) is 3.14. The smallest absolute Gasteiger partial charge is 0.317 e. The number of piperidine rings is 1. The third kappa shape index (κ3) is 6.58. The van der Waals surface area contributed by atoms with Crippen LogP contribution in [0.4, 0.5) is 4.79 Å². The van der Waals surface area contributed by atoms with Crippen molar-refractivity contribution in [3.8, 4) is 0 Å². The van der Waals surface area contributed by atoms with Crippen LogP contribution in [0.25, 0.3) is 0 Å². The first-order chi connectivity index (χ1) is 10.2. The highest BCUT2D eigenvalue weighted by molar-refractivity contribution is 7.87. The van der Waals surface area contributed by atoms with Crippen LogP contribution in [-0.4, -0.2) is 62.6 Å². The fourth-order valence-electron chi connectivity index (χ4n) is 2.18. The maximum Gasteiger partial charge on any atom is 0.317 e. The highest BCUT2D eigenvalue weighted by Crippen LogP contribution is 2.16. The summed E-state index contributed by atoms with van der Waals surface area (Å²) in [6.45, 7) is 4.29. The number of hydrogen-bond acceptors (Lipinski definition) is 4. The van der Waals surface area contributed by atoms with Crippen molar-refractivity contribution in [1.29, 1.82) is 0 Å². The number of likely N-dealkylation sites (tertiary alicyclic amines) is 1. The minimum absolute atomic E-state index is 0.0595. The van der Waals surface area contributed by atoms with Gasteiger partial charge in [0.05, 0.1) is 5.92 Å². The maximum atomic E-state index is 11.9. The lowest BCUT2D eigenvalue weighted by Crippen LogP contribution is -2.49. The van der Waals surface area contributed by atoms with Crippen molar-refractivity contribution in [2.45, 2.75) is 32.7 Å². The summed E-state index contributed by atoms with van der Waals surface area (Å²) in [7, 11) is -3.57. The number of carboxylic acid groups (broad SMARTS) is 1. The Morgan fingerprint density at radius 1 is 1.32 bits per heavy atom. The highest BCUT2D eigenvalue weighted by atomic mass is 32.2. The molecular weight excluding hydrogens is 312 g/mol. The van der Waals surface area contributed by atoms with E-state index in [0.717, 1.165) is 0 Å². The Bertz CT molecular complexity index is 494. The molecule has 1 unspecified atom stereocenters. The van der Waals surface area contributed by atoms with Crippen molar-refractivity contribution in [2.24, 2.45) is 5.92 Å². The molecule has 10 heteroatoms. The average Bonchev–Trinajstić information content (AvgIpc) is 2.42. The van der Waals surface area contributed by atoms with Crippen molar-refractivity contribution in [2.75, 3.05) is 26.2 Å². The predicted molar refractivity (Wildman–Crippen MR) is 80.5 cm³/mol. The average molecular weight is 336 g/mol. The molecule has 2 amide bonds. The summed E-state index contributed by atoms with van der Waals surface area (Å²) in [5.74, 6) is -1.43. The van der Waals surface area contributed by atoms with E-state index in [1.165, 1.54) is 4.90 Å². The lowest BCUT2D eigenvalue weighted by Gasteiger charge is -2.30. The minimum atomic E-state index is -3.57. The van der Waals surface area contributed by atoms with E-state index in [1.807, 2.05) is 0 Å². The Morgan fingerprint density at radius 2 is 2.00 bits per heavy atom. The van der Waals surface area contributed by atoms with E-state index < -0.39 is 22.1 Å². The molecule has 9 nitrogen and oxygen atoms in total. The normalized spacial score (nSPS) is 19.2. The van der Waals surface area contributed by atoms with Gasteiger partial charge in [0, 0.05) is 32.2 Å². The van der Waals surface area contributed by atoms with E-state index in [4.69, 9.17) is 5.11 Å². The van der Waals surface area contributed by atoms with Gasteiger partial charge in [0.15, 0.2) is 0 Å². The summed E-state index contributed by atoms with van der Waals surface area (Å²) in [5, 5.41) is 11.5. The molecular formula is C12H24N4O5S. The van der Waals surface area contributed by atoms with Crippen LogP contribution < -0.4 is 14.8 Å². The Hall–Kier alpha value is -1.39. The van der Waals surface area contributed by atoms with Gasteiger partial charge in [0.2, 0.25) is 0 Å². The predicted octanol–water partition coefficient (Wildman–Crippen LogP) is -0.675. The quantitative estimate of drug-likeness (QED) is 0.458.